The minimum absolute atomic E-state index is 0.124. The molecule has 0 saturated heterocycles. The molecule has 1 heterocycles. The Labute approximate surface area is 115 Å². The van der Waals surface area contributed by atoms with E-state index in [-0.39, 0.29) is 12.1 Å². The second-order valence-electron chi connectivity index (χ2n) is 5.79. The summed E-state index contributed by atoms with van der Waals surface area (Å²) in [5.41, 5.74) is 2.65. The van der Waals surface area contributed by atoms with E-state index in [1.54, 1.807) is 0 Å². The number of rotatable bonds is 3. The molecule has 2 N–H and O–H groups in total. The van der Waals surface area contributed by atoms with E-state index in [9.17, 15) is 5.11 Å². The molecule has 1 saturated carbocycles. The number of hydrogen-bond donors (Lipinski definition) is 2. The highest BCUT2D eigenvalue weighted by Crippen LogP contribution is 2.27. The summed E-state index contributed by atoms with van der Waals surface area (Å²) in [7, 11) is 0. The maximum absolute atomic E-state index is 10.0. The van der Waals surface area contributed by atoms with Gasteiger partial charge in [0.1, 0.15) is 0 Å². The van der Waals surface area contributed by atoms with Crippen LogP contribution < -0.4 is 5.32 Å². The van der Waals surface area contributed by atoms with E-state index >= 15 is 0 Å². The lowest BCUT2D eigenvalue weighted by Crippen LogP contribution is -2.38. The van der Waals surface area contributed by atoms with Gasteiger partial charge in [-0.25, -0.2) is 0 Å². The van der Waals surface area contributed by atoms with Crippen molar-refractivity contribution in [1.29, 1.82) is 0 Å². The van der Waals surface area contributed by atoms with Gasteiger partial charge in [-0.05, 0) is 29.9 Å². The van der Waals surface area contributed by atoms with Crippen LogP contribution in [0.15, 0.2) is 24.3 Å². The Morgan fingerprint density at radius 3 is 2.95 bits per heavy atom. The first-order valence-electron chi connectivity index (χ1n) is 7.41. The number of nitrogens with one attached hydrogen (secondary N) is 1. The van der Waals surface area contributed by atoms with Crippen molar-refractivity contribution in [3.8, 4) is 0 Å². The van der Waals surface area contributed by atoms with Crippen molar-refractivity contribution in [2.75, 3.05) is 13.2 Å². The van der Waals surface area contributed by atoms with Gasteiger partial charge in [0, 0.05) is 6.54 Å². The molecule has 3 heteroatoms. The lowest BCUT2D eigenvalue weighted by atomic mass is 9.86. The van der Waals surface area contributed by atoms with Crippen molar-refractivity contribution in [3.63, 3.8) is 0 Å². The average Bonchev–Trinajstić information content (AvgIpc) is 2.46. The Bertz CT molecular complexity index is 421. The molecule has 0 radical (unpaired) electrons. The maximum atomic E-state index is 10.0. The van der Waals surface area contributed by atoms with Crippen LogP contribution >= 0.6 is 0 Å². The number of aliphatic hydroxyl groups excluding tert-OH is 1. The Balaban J connectivity index is 1.61. The monoisotopic (exact) mass is 261 g/mol. The predicted molar refractivity (Wildman–Crippen MR) is 74.8 cm³/mol. The summed E-state index contributed by atoms with van der Waals surface area (Å²) in [4.78, 5) is 0. The molecule has 0 aromatic heterocycles. The molecule has 0 bridgehead atoms. The van der Waals surface area contributed by atoms with Crippen molar-refractivity contribution in [3.05, 3.63) is 35.4 Å². The fourth-order valence-electron chi connectivity index (χ4n) is 3.27. The summed E-state index contributed by atoms with van der Waals surface area (Å²) in [5, 5.41) is 13.6. The van der Waals surface area contributed by atoms with E-state index in [1.807, 2.05) is 0 Å². The van der Waals surface area contributed by atoms with E-state index < -0.39 is 0 Å². The molecule has 104 valence electrons. The van der Waals surface area contributed by atoms with Gasteiger partial charge in [-0.1, -0.05) is 37.1 Å². The van der Waals surface area contributed by atoms with Crippen LogP contribution in [-0.4, -0.2) is 24.4 Å². The summed E-state index contributed by atoms with van der Waals surface area (Å²) < 4.78 is 5.65. The summed E-state index contributed by atoms with van der Waals surface area (Å²) in [5.74, 6) is 0.405. The van der Waals surface area contributed by atoms with Crippen LogP contribution in [0, 0.1) is 5.92 Å². The summed E-state index contributed by atoms with van der Waals surface area (Å²) >= 11 is 0. The van der Waals surface area contributed by atoms with Crippen molar-refractivity contribution in [2.24, 2.45) is 5.92 Å². The van der Waals surface area contributed by atoms with Crippen molar-refractivity contribution >= 4 is 0 Å². The van der Waals surface area contributed by atoms with Crippen LogP contribution in [0.25, 0.3) is 0 Å². The number of hydrogen-bond acceptors (Lipinski definition) is 3. The van der Waals surface area contributed by atoms with E-state index in [2.05, 4.69) is 29.6 Å². The van der Waals surface area contributed by atoms with Crippen LogP contribution in [0.4, 0.5) is 0 Å². The molecule has 1 aromatic rings. The van der Waals surface area contributed by atoms with Gasteiger partial charge in [0.05, 0.1) is 25.4 Å². The minimum atomic E-state index is -0.124. The Kier molecular flexibility index (Phi) is 4.16. The smallest absolute Gasteiger partial charge is 0.0721 e. The molecule has 3 nitrogen and oxygen atoms in total. The highest BCUT2D eigenvalue weighted by Gasteiger charge is 2.25. The highest BCUT2D eigenvalue weighted by molar-refractivity contribution is 5.31. The van der Waals surface area contributed by atoms with Gasteiger partial charge in [-0.15, -0.1) is 0 Å². The molecule has 0 spiro atoms. The number of fused-ring (bicyclic) bond motifs is 1. The lowest BCUT2D eigenvalue weighted by molar-refractivity contribution is 0.0547. The fraction of sp³-hybridized carbons (Fsp3) is 0.625. The van der Waals surface area contributed by atoms with E-state index in [0.717, 1.165) is 32.6 Å². The molecule has 1 aliphatic heterocycles. The van der Waals surface area contributed by atoms with Crippen LogP contribution in [0.3, 0.4) is 0 Å². The molecule has 2 aliphatic rings. The molecule has 3 atom stereocenters. The lowest BCUT2D eigenvalue weighted by Gasteiger charge is -2.32. The third kappa shape index (κ3) is 2.99. The quantitative estimate of drug-likeness (QED) is 0.878. The Morgan fingerprint density at radius 1 is 1.21 bits per heavy atom. The van der Waals surface area contributed by atoms with Crippen molar-refractivity contribution in [1.82, 2.24) is 5.32 Å². The van der Waals surface area contributed by atoms with Gasteiger partial charge in [0.2, 0.25) is 0 Å². The van der Waals surface area contributed by atoms with Crippen LogP contribution in [-0.2, 0) is 11.3 Å². The fourth-order valence-corrected chi connectivity index (χ4v) is 3.27. The summed E-state index contributed by atoms with van der Waals surface area (Å²) in [6.45, 7) is 2.35. The summed E-state index contributed by atoms with van der Waals surface area (Å²) in [6, 6.07) is 8.76. The first-order chi connectivity index (χ1) is 9.34. The van der Waals surface area contributed by atoms with Gasteiger partial charge in [0.25, 0.3) is 0 Å². The zero-order chi connectivity index (χ0) is 13.1. The molecule has 3 rings (SSSR count). The van der Waals surface area contributed by atoms with Crippen molar-refractivity contribution in [2.45, 2.75) is 44.4 Å². The van der Waals surface area contributed by atoms with E-state index in [1.165, 1.54) is 24.0 Å². The highest BCUT2D eigenvalue weighted by atomic mass is 16.5. The number of aliphatic hydroxyl groups is 1. The molecule has 1 aromatic carbocycles. The van der Waals surface area contributed by atoms with Gasteiger partial charge >= 0.3 is 0 Å². The normalized spacial score (nSPS) is 30.9. The molecule has 1 fully saturated rings. The number of benzene rings is 1. The van der Waals surface area contributed by atoms with Crippen molar-refractivity contribution < 1.29 is 9.84 Å². The average molecular weight is 261 g/mol. The zero-order valence-electron chi connectivity index (χ0n) is 11.3. The molecule has 3 unspecified atom stereocenters. The summed E-state index contributed by atoms with van der Waals surface area (Å²) in [6.07, 6.45) is 4.41. The third-order valence-corrected chi connectivity index (χ3v) is 4.47. The molecule has 0 amide bonds. The third-order valence-electron chi connectivity index (χ3n) is 4.47. The van der Waals surface area contributed by atoms with Crippen LogP contribution in [0.5, 0.6) is 0 Å². The predicted octanol–water partition coefficient (Wildman–Crippen LogP) is 2.40. The Hall–Kier alpha value is -0.900. The second kappa shape index (κ2) is 6.04. The first kappa shape index (κ1) is 13.1. The minimum Gasteiger partial charge on any atom is -0.393 e. The van der Waals surface area contributed by atoms with E-state index in [4.69, 9.17) is 4.74 Å². The van der Waals surface area contributed by atoms with E-state index in [0.29, 0.717) is 5.92 Å². The van der Waals surface area contributed by atoms with Gasteiger partial charge < -0.3 is 15.2 Å². The van der Waals surface area contributed by atoms with Gasteiger partial charge in [-0.2, -0.15) is 0 Å². The first-order valence-corrected chi connectivity index (χ1v) is 7.41. The SMILES string of the molecule is OC1CCCCC1CNC1COCc2ccccc21. The Morgan fingerprint density at radius 2 is 2.05 bits per heavy atom. The topological polar surface area (TPSA) is 41.5 Å². The molecule has 19 heavy (non-hydrogen) atoms. The second-order valence-corrected chi connectivity index (χ2v) is 5.79. The van der Waals surface area contributed by atoms with Crippen LogP contribution in [0.2, 0.25) is 0 Å². The van der Waals surface area contributed by atoms with Gasteiger partial charge in [0.15, 0.2) is 0 Å². The maximum Gasteiger partial charge on any atom is 0.0721 e. The van der Waals surface area contributed by atoms with Gasteiger partial charge in [-0.3, -0.25) is 0 Å². The zero-order valence-corrected chi connectivity index (χ0v) is 11.3. The molecular weight excluding hydrogens is 238 g/mol. The van der Waals surface area contributed by atoms with Crippen LogP contribution in [0.1, 0.15) is 42.9 Å². The molecule has 1 aliphatic carbocycles. The standard InChI is InChI=1S/C16H23NO2/c18-16-8-4-2-5-12(16)9-17-15-11-19-10-13-6-1-3-7-14(13)15/h1,3,6-7,12,15-18H,2,4-5,8-11H2. The molecular formula is C16H23NO2. The largest absolute Gasteiger partial charge is 0.393 e. The number of ether oxygens (including phenoxy) is 1.